The minimum atomic E-state index is -0.424. The van der Waals surface area contributed by atoms with Gasteiger partial charge < -0.3 is 15.0 Å². The number of aromatic nitrogens is 1. The van der Waals surface area contributed by atoms with Gasteiger partial charge in [-0.1, -0.05) is 6.07 Å². The second-order valence-corrected chi connectivity index (χ2v) is 9.04. The number of amides is 2. The largest absolute Gasteiger partial charge is 0.381 e. The van der Waals surface area contributed by atoms with Crippen LogP contribution in [0.1, 0.15) is 47.5 Å². The fourth-order valence-corrected chi connectivity index (χ4v) is 5.50. The maximum absolute atomic E-state index is 12.9. The van der Waals surface area contributed by atoms with Crippen molar-refractivity contribution in [1.29, 1.82) is 5.26 Å². The van der Waals surface area contributed by atoms with Crippen LogP contribution in [0.25, 0.3) is 10.9 Å². The van der Waals surface area contributed by atoms with Crippen molar-refractivity contribution in [3.63, 3.8) is 0 Å². The molecule has 2 aromatic rings. The summed E-state index contributed by atoms with van der Waals surface area (Å²) in [5.74, 6) is 1.00. The number of rotatable bonds is 5. The molecule has 0 spiro atoms. The number of ether oxygens (including phenoxy) is 1. The van der Waals surface area contributed by atoms with Gasteiger partial charge in [-0.2, -0.15) is 5.26 Å². The zero-order valence-corrected chi connectivity index (χ0v) is 18.4. The molecule has 1 aromatic carbocycles. The molecule has 1 saturated heterocycles. The van der Waals surface area contributed by atoms with Crippen LogP contribution >= 0.6 is 11.8 Å². The molecule has 1 aliphatic heterocycles. The smallest absolute Gasteiger partial charge is 0.252 e. The van der Waals surface area contributed by atoms with Crippen LogP contribution in [0.3, 0.4) is 0 Å². The minimum Gasteiger partial charge on any atom is -0.381 e. The van der Waals surface area contributed by atoms with Gasteiger partial charge in [-0.15, -0.1) is 11.8 Å². The first-order chi connectivity index (χ1) is 15.1. The highest BCUT2D eigenvalue weighted by atomic mass is 32.2. The molecule has 4 rings (SSSR count). The summed E-state index contributed by atoms with van der Waals surface area (Å²) < 4.78 is 5.48. The highest BCUT2D eigenvalue weighted by Crippen LogP contribution is 2.35. The predicted octanol–water partition coefficient (Wildman–Crippen LogP) is 3.06. The van der Waals surface area contributed by atoms with E-state index < -0.39 is 6.04 Å². The second-order valence-electron chi connectivity index (χ2n) is 8.04. The molecule has 1 N–H and O–H groups in total. The lowest BCUT2D eigenvalue weighted by Crippen LogP contribution is -2.42. The molecule has 2 amide bonds. The first kappa shape index (κ1) is 21.6. The summed E-state index contributed by atoms with van der Waals surface area (Å²) in [5.41, 5.74) is 2.48. The molecule has 8 heteroatoms. The van der Waals surface area contributed by atoms with Crippen LogP contribution < -0.4 is 5.32 Å². The van der Waals surface area contributed by atoms with Gasteiger partial charge in [-0.25, -0.2) is 0 Å². The Labute approximate surface area is 186 Å². The van der Waals surface area contributed by atoms with Crippen LogP contribution in [0.15, 0.2) is 30.5 Å². The lowest BCUT2D eigenvalue weighted by atomic mass is 9.82. The van der Waals surface area contributed by atoms with Crippen molar-refractivity contribution < 1.29 is 14.3 Å². The number of hydrogen-bond acceptors (Lipinski definition) is 6. The van der Waals surface area contributed by atoms with Gasteiger partial charge in [0.2, 0.25) is 5.91 Å². The van der Waals surface area contributed by atoms with Gasteiger partial charge in [-0.05, 0) is 55.4 Å². The fraction of sp³-hybridized carbons (Fsp3) is 0.478. The van der Waals surface area contributed by atoms with Gasteiger partial charge in [0, 0.05) is 24.4 Å². The molecule has 2 aliphatic rings. The van der Waals surface area contributed by atoms with E-state index in [9.17, 15) is 9.59 Å². The predicted molar refractivity (Wildman–Crippen MR) is 120 cm³/mol. The average Bonchev–Trinajstić information content (AvgIpc) is 3.31. The average molecular weight is 439 g/mol. The zero-order valence-electron chi connectivity index (χ0n) is 17.5. The third-order valence-corrected chi connectivity index (χ3v) is 7.25. The van der Waals surface area contributed by atoms with Crippen LogP contribution in [-0.4, -0.2) is 59.1 Å². The van der Waals surface area contributed by atoms with Crippen molar-refractivity contribution in [2.24, 2.45) is 0 Å². The lowest BCUT2D eigenvalue weighted by Gasteiger charge is -2.28. The molecule has 0 radical (unpaired) electrons. The molecular formula is C23H26N4O3S. The number of pyridine rings is 1. The van der Waals surface area contributed by atoms with Gasteiger partial charge in [0.1, 0.15) is 6.04 Å². The number of thioether (sulfide) groups is 1. The number of benzene rings is 1. The Morgan fingerprint density at radius 1 is 1.29 bits per heavy atom. The standard InChI is InChI=1S/C23H26N4O3S/c1-30-18-5-2-15(3-6-18)16-4-7-21-20(10-16)19(8-9-25-21)23(29)26-12-22(28)27-14-31-13-17(27)11-24/h4,7-10,15,17-18H,2-3,5-6,12-14H2,1H3,(H,26,29). The number of carbonyl (C=O) groups is 2. The molecule has 1 saturated carbocycles. The quantitative estimate of drug-likeness (QED) is 0.771. The normalized spacial score (nSPS) is 23.5. The van der Waals surface area contributed by atoms with Crippen LogP contribution in [0, 0.1) is 11.3 Å². The van der Waals surface area contributed by atoms with Gasteiger partial charge in [-0.3, -0.25) is 14.6 Å². The third kappa shape index (κ3) is 4.68. The SMILES string of the molecule is COC1CCC(c2ccc3nccc(C(=O)NCC(=O)N4CSCC4C#N)c3c2)CC1. The number of nitrogens with zero attached hydrogens (tertiary/aromatic N) is 3. The number of nitriles is 1. The van der Waals surface area contributed by atoms with Crippen molar-refractivity contribution >= 4 is 34.5 Å². The topological polar surface area (TPSA) is 95.3 Å². The minimum absolute atomic E-state index is 0.123. The third-order valence-electron chi connectivity index (χ3n) is 6.24. The van der Waals surface area contributed by atoms with E-state index in [2.05, 4.69) is 28.5 Å². The summed E-state index contributed by atoms with van der Waals surface area (Å²) in [4.78, 5) is 31.3. The van der Waals surface area contributed by atoms with Gasteiger partial charge in [0.25, 0.3) is 5.91 Å². The Bertz CT molecular complexity index is 1010. The van der Waals surface area contributed by atoms with Gasteiger partial charge >= 0.3 is 0 Å². The number of carbonyl (C=O) groups excluding carboxylic acids is 2. The molecule has 2 heterocycles. The van der Waals surface area contributed by atoms with Crippen molar-refractivity contribution in [3.05, 3.63) is 41.6 Å². The Kier molecular flexibility index (Phi) is 6.73. The summed E-state index contributed by atoms with van der Waals surface area (Å²) in [7, 11) is 1.77. The lowest BCUT2D eigenvalue weighted by molar-refractivity contribution is -0.129. The Morgan fingerprint density at radius 2 is 2.10 bits per heavy atom. The summed E-state index contributed by atoms with van der Waals surface area (Å²) in [6, 6.07) is 9.54. The van der Waals surface area contributed by atoms with E-state index in [0.717, 1.165) is 36.6 Å². The second kappa shape index (κ2) is 9.67. The summed E-state index contributed by atoms with van der Waals surface area (Å²) >= 11 is 1.55. The van der Waals surface area contributed by atoms with E-state index >= 15 is 0 Å². The summed E-state index contributed by atoms with van der Waals surface area (Å²) in [5, 5.41) is 12.7. The Balaban J connectivity index is 1.48. The molecule has 1 unspecified atom stereocenters. The molecule has 1 atom stereocenters. The van der Waals surface area contributed by atoms with Crippen LogP contribution in [-0.2, 0) is 9.53 Å². The number of nitrogens with one attached hydrogen (secondary N) is 1. The maximum atomic E-state index is 12.9. The molecule has 1 aromatic heterocycles. The van der Waals surface area contributed by atoms with Crippen molar-refractivity contribution in [3.8, 4) is 6.07 Å². The number of methoxy groups -OCH3 is 1. The molecule has 7 nitrogen and oxygen atoms in total. The van der Waals surface area contributed by atoms with Crippen molar-refractivity contribution in [2.45, 2.75) is 43.7 Å². The fourth-order valence-electron chi connectivity index (χ4n) is 4.40. The maximum Gasteiger partial charge on any atom is 0.252 e. The zero-order chi connectivity index (χ0) is 21.8. The van der Waals surface area contributed by atoms with Gasteiger partial charge in [0.05, 0.1) is 35.7 Å². The summed E-state index contributed by atoms with van der Waals surface area (Å²) in [6.45, 7) is -0.123. The Hall–Kier alpha value is -2.63. The molecular weight excluding hydrogens is 412 g/mol. The highest BCUT2D eigenvalue weighted by Gasteiger charge is 2.29. The van der Waals surface area contributed by atoms with E-state index in [0.29, 0.717) is 29.2 Å². The monoisotopic (exact) mass is 438 g/mol. The first-order valence-corrected chi connectivity index (χ1v) is 11.7. The van der Waals surface area contributed by atoms with Crippen molar-refractivity contribution in [1.82, 2.24) is 15.2 Å². The van der Waals surface area contributed by atoms with Crippen LogP contribution in [0.4, 0.5) is 0 Å². The number of hydrogen-bond donors (Lipinski definition) is 1. The van der Waals surface area contributed by atoms with E-state index in [4.69, 9.17) is 10.00 Å². The van der Waals surface area contributed by atoms with E-state index in [1.165, 1.54) is 10.5 Å². The van der Waals surface area contributed by atoms with Gasteiger partial charge in [0.15, 0.2) is 0 Å². The molecule has 31 heavy (non-hydrogen) atoms. The Morgan fingerprint density at radius 3 is 2.84 bits per heavy atom. The summed E-state index contributed by atoms with van der Waals surface area (Å²) in [6.07, 6.45) is 6.17. The molecule has 162 valence electrons. The van der Waals surface area contributed by atoms with E-state index in [1.807, 2.05) is 6.07 Å². The highest BCUT2D eigenvalue weighted by molar-refractivity contribution is 7.99. The van der Waals surface area contributed by atoms with E-state index in [-0.39, 0.29) is 18.4 Å². The first-order valence-electron chi connectivity index (χ1n) is 10.6. The van der Waals surface area contributed by atoms with E-state index in [1.54, 1.807) is 31.1 Å². The molecule has 0 bridgehead atoms. The van der Waals surface area contributed by atoms with Crippen LogP contribution in [0.5, 0.6) is 0 Å². The molecule has 2 fully saturated rings. The number of fused-ring (bicyclic) bond motifs is 1. The molecule has 1 aliphatic carbocycles. The van der Waals surface area contributed by atoms with Crippen LogP contribution in [0.2, 0.25) is 0 Å². The van der Waals surface area contributed by atoms with Crippen molar-refractivity contribution in [2.75, 3.05) is 25.3 Å².